The number of aldehydes is 1. The van der Waals surface area contributed by atoms with Crippen molar-refractivity contribution in [1.82, 2.24) is 0 Å². The molecule has 3 nitrogen and oxygen atoms in total. The molecule has 0 aromatic rings. The molecule has 0 saturated heterocycles. The van der Waals surface area contributed by atoms with E-state index in [1.54, 1.807) is 6.08 Å². The Hall–Kier alpha value is -0.670. The fourth-order valence-corrected chi connectivity index (χ4v) is 7.75. The van der Waals surface area contributed by atoms with E-state index in [0.717, 1.165) is 38.4 Å². The molecule has 9 atom stereocenters. The van der Waals surface area contributed by atoms with Gasteiger partial charge in [-0.2, -0.15) is 0 Å². The molecule has 140 valence electrons. The fraction of sp³-hybridized carbons (Fsp3) is 0.864. The highest BCUT2D eigenvalue weighted by molar-refractivity contribution is 5.64. The first-order valence-electron chi connectivity index (χ1n) is 10.4. The van der Waals surface area contributed by atoms with E-state index in [9.17, 15) is 15.0 Å². The number of aliphatic hydroxyl groups is 2. The monoisotopic (exact) mass is 346 g/mol. The summed E-state index contributed by atoms with van der Waals surface area (Å²) in [7, 11) is 0. The van der Waals surface area contributed by atoms with Crippen LogP contribution in [0, 0.1) is 40.4 Å². The van der Waals surface area contributed by atoms with Crippen LogP contribution in [-0.4, -0.2) is 28.7 Å². The molecule has 0 radical (unpaired) electrons. The van der Waals surface area contributed by atoms with Crippen molar-refractivity contribution in [3.63, 3.8) is 0 Å². The van der Waals surface area contributed by atoms with Crippen LogP contribution in [-0.2, 0) is 4.79 Å². The van der Waals surface area contributed by atoms with Crippen LogP contribution < -0.4 is 0 Å². The molecule has 1 unspecified atom stereocenters. The first kappa shape index (κ1) is 17.7. The van der Waals surface area contributed by atoms with Gasteiger partial charge in [-0.1, -0.05) is 19.9 Å². The molecular weight excluding hydrogens is 312 g/mol. The van der Waals surface area contributed by atoms with Crippen LogP contribution in [0.4, 0.5) is 0 Å². The number of rotatable bonds is 2. The number of carbonyl (C=O) groups excluding carboxylic acids is 1. The van der Waals surface area contributed by atoms with Crippen LogP contribution in [0.3, 0.4) is 0 Å². The summed E-state index contributed by atoms with van der Waals surface area (Å²) in [6, 6.07) is 0. The molecule has 25 heavy (non-hydrogen) atoms. The summed E-state index contributed by atoms with van der Waals surface area (Å²) in [6.07, 6.45) is 12.9. The molecule has 0 spiro atoms. The number of carbonyl (C=O) groups is 1. The van der Waals surface area contributed by atoms with Gasteiger partial charge >= 0.3 is 0 Å². The zero-order chi connectivity index (χ0) is 17.8. The van der Waals surface area contributed by atoms with Gasteiger partial charge in [-0.25, -0.2) is 0 Å². The van der Waals surface area contributed by atoms with Gasteiger partial charge in [0.2, 0.25) is 0 Å². The van der Waals surface area contributed by atoms with Crippen molar-refractivity contribution in [3.8, 4) is 0 Å². The maximum atomic E-state index is 11.2. The summed E-state index contributed by atoms with van der Waals surface area (Å²) < 4.78 is 0. The molecule has 0 aromatic carbocycles. The highest BCUT2D eigenvalue weighted by atomic mass is 16.3. The highest BCUT2D eigenvalue weighted by Crippen LogP contribution is 2.67. The van der Waals surface area contributed by atoms with Gasteiger partial charge in [0.15, 0.2) is 0 Å². The van der Waals surface area contributed by atoms with Crippen molar-refractivity contribution in [2.24, 2.45) is 40.4 Å². The number of hydrogen-bond donors (Lipinski definition) is 2. The molecule has 2 N–H and O–H groups in total. The average molecular weight is 347 g/mol. The van der Waals surface area contributed by atoms with E-state index in [4.69, 9.17) is 0 Å². The second-order valence-electron chi connectivity index (χ2n) is 9.91. The van der Waals surface area contributed by atoms with Crippen molar-refractivity contribution in [3.05, 3.63) is 12.2 Å². The van der Waals surface area contributed by atoms with Crippen LogP contribution in [0.15, 0.2) is 12.2 Å². The molecular formula is C22H34O3. The number of aliphatic hydroxyl groups excluding tert-OH is 2. The molecule has 4 aliphatic carbocycles. The summed E-state index contributed by atoms with van der Waals surface area (Å²) in [6.45, 7) is 4.74. The van der Waals surface area contributed by atoms with Crippen LogP contribution in [0.5, 0.6) is 0 Å². The van der Waals surface area contributed by atoms with Crippen molar-refractivity contribution in [2.45, 2.75) is 77.4 Å². The van der Waals surface area contributed by atoms with E-state index >= 15 is 0 Å². The summed E-state index contributed by atoms with van der Waals surface area (Å²) in [5, 5.41) is 21.4. The number of fused-ring (bicyclic) bond motifs is 5. The van der Waals surface area contributed by atoms with Crippen molar-refractivity contribution in [2.75, 3.05) is 0 Å². The molecule has 0 aromatic heterocycles. The summed E-state index contributed by atoms with van der Waals surface area (Å²) >= 11 is 0. The lowest BCUT2D eigenvalue weighted by Gasteiger charge is -2.62. The van der Waals surface area contributed by atoms with Crippen molar-refractivity contribution in [1.29, 1.82) is 0 Å². The van der Waals surface area contributed by atoms with Gasteiger partial charge in [-0.3, -0.25) is 4.79 Å². The van der Waals surface area contributed by atoms with Gasteiger partial charge in [0.1, 0.15) is 6.29 Å². The predicted octanol–water partition coefficient (Wildman–Crippen LogP) is 3.73. The summed E-state index contributed by atoms with van der Waals surface area (Å²) in [5.74, 6) is 2.84. The normalized spacial score (nSPS) is 55.4. The Morgan fingerprint density at radius 3 is 2.52 bits per heavy atom. The number of allylic oxidation sites excluding steroid dienone is 2. The molecule has 0 amide bonds. The first-order valence-corrected chi connectivity index (χ1v) is 10.4. The average Bonchev–Trinajstić information content (AvgIpc) is 2.93. The maximum absolute atomic E-state index is 11.2. The van der Waals surface area contributed by atoms with Gasteiger partial charge in [0.05, 0.1) is 12.2 Å². The number of hydrogen-bond acceptors (Lipinski definition) is 3. The van der Waals surface area contributed by atoms with E-state index in [1.807, 2.05) is 0 Å². The van der Waals surface area contributed by atoms with Crippen LogP contribution in [0.2, 0.25) is 0 Å². The third-order valence-corrected chi connectivity index (χ3v) is 9.24. The van der Waals surface area contributed by atoms with Gasteiger partial charge in [-0.15, -0.1) is 0 Å². The molecule has 3 heteroatoms. The zero-order valence-corrected chi connectivity index (χ0v) is 15.7. The molecule has 4 rings (SSSR count). The van der Waals surface area contributed by atoms with E-state index in [0.29, 0.717) is 35.0 Å². The first-order chi connectivity index (χ1) is 11.9. The minimum absolute atomic E-state index is 0.0714. The Bertz CT molecular complexity index is 557. The van der Waals surface area contributed by atoms with E-state index in [1.165, 1.54) is 19.3 Å². The minimum Gasteiger partial charge on any atom is -0.393 e. The van der Waals surface area contributed by atoms with Gasteiger partial charge in [0.25, 0.3) is 0 Å². The van der Waals surface area contributed by atoms with Gasteiger partial charge in [0, 0.05) is 5.41 Å². The van der Waals surface area contributed by atoms with Gasteiger partial charge < -0.3 is 10.2 Å². The molecule has 0 heterocycles. The lowest BCUT2D eigenvalue weighted by molar-refractivity contribution is -0.167. The van der Waals surface area contributed by atoms with Crippen LogP contribution in [0.1, 0.15) is 65.2 Å². The molecule has 4 saturated carbocycles. The fourth-order valence-electron chi connectivity index (χ4n) is 7.75. The second kappa shape index (κ2) is 6.20. The van der Waals surface area contributed by atoms with E-state index in [-0.39, 0.29) is 17.6 Å². The largest absolute Gasteiger partial charge is 0.393 e. The molecule has 0 bridgehead atoms. The standard InChI is InChI=1S/C22H34O3/c1-21-10-9-16(24)12-15(21)5-7-17-18-8-6-14(4-3-11-23)22(18,2)20(25)13-19(17)21/h3-4,11,14-20,24-25H,5-10,12-13H2,1-2H3/b4-3+/t14?,15-,16-,17+,18+,19+,20+,21+,22-/m1/s1. The zero-order valence-electron chi connectivity index (χ0n) is 15.7. The Balaban J connectivity index is 1.63. The maximum Gasteiger partial charge on any atom is 0.142 e. The smallest absolute Gasteiger partial charge is 0.142 e. The summed E-state index contributed by atoms with van der Waals surface area (Å²) in [4.78, 5) is 10.8. The van der Waals surface area contributed by atoms with Crippen LogP contribution in [0.25, 0.3) is 0 Å². The Morgan fingerprint density at radius 1 is 0.960 bits per heavy atom. The van der Waals surface area contributed by atoms with E-state index < -0.39 is 0 Å². The topological polar surface area (TPSA) is 57.5 Å². The second-order valence-corrected chi connectivity index (χ2v) is 9.91. The predicted molar refractivity (Wildman–Crippen MR) is 97.8 cm³/mol. The molecule has 4 fully saturated rings. The van der Waals surface area contributed by atoms with Gasteiger partial charge in [-0.05, 0) is 92.4 Å². The third-order valence-electron chi connectivity index (χ3n) is 9.24. The Labute approximate surface area is 151 Å². The minimum atomic E-state index is -0.273. The third kappa shape index (κ3) is 2.49. The van der Waals surface area contributed by atoms with Crippen LogP contribution >= 0.6 is 0 Å². The molecule has 0 aliphatic heterocycles. The van der Waals surface area contributed by atoms with Crippen molar-refractivity contribution >= 4 is 6.29 Å². The Morgan fingerprint density at radius 2 is 1.76 bits per heavy atom. The lowest BCUT2D eigenvalue weighted by atomic mass is 9.44. The summed E-state index contributed by atoms with van der Waals surface area (Å²) in [5.41, 5.74) is 0.221. The quantitative estimate of drug-likeness (QED) is 0.592. The Kier molecular flexibility index (Phi) is 4.39. The highest BCUT2D eigenvalue weighted by Gasteiger charge is 2.62. The van der Waals surface area contributed by atoms with Crippen molar-refractivity contribution < 1.29 is 15.0 Å². The lowest BCUT2D eigenvalue weighted by Crippen LogP contribution is -2.58. The van der Waals surface area contributed by atoms with E-state index in [2.05, 4.69) is 19.9 Å². The molecule has 4 aliphatic rings. The SMILES string of the molecule is C[C@]12CC[C@@H](O)C[C@H]1CC[C@@H]1[C@@H]2C[C@H](O)[C@]2(C)C(/C=C/C=O)CC[C@@H]12.